The van der Waals surface area contributed by atoms with Crippen molar-refractivity contribution in [2.75, 3.05) is 26.2 Å². The minimum absolute atomic E-state index is 0.0132. The molecule has 2 heterocycles. The highest BCUT2D eigenvalue weighted by Gasteiger charge is 2.32. The highest BCUT2D eigenvalue weighted by molar-refractivity contribution is 7.89. The van der Waals surface area contributed by atoms with Gasteiger partial charge in [0.1, 0.15) is 16.3 Å². The van der Waals surface area contributed by atoms with Gasteiger partial charge in [0.15, 0.2) is 0 Å². The number of sulfonamides is 1. The van der Waals surface area contributed by atoms with Gasteiger partial charge < -0.3 is 4.90 Å². The Labute approximate surface area is 184 Å². The Kier molecular flexibility index (Phi) is 5.17. The molecule has 2 aliphatic heterocycles. The fourth-order valence-electron chi connectivity index (χ4n) is 4.03. The lowest BCUT2D eigenvalue weighted by atomic mass is 10.0. The van der Waals surface area contributed by atoms with Crippen molar-refractivity contribution in [3.8, 4) is 0 Å². The number of carbonyl (C=O) groups is 1. The number of benzene rings is 3. The molecule has 2 aliphatic rings. The molecule has 1 amide bonds. The van der Waals surface area contributed by atoms with Crippen LogP contribution in [-0.2, 0) is 32.6 Å². The molecule has 3 aromatic rings. The molecule has 0 spiro atoms. The highest BCUT2D eigenvalue weighted by atomic mass is 32.2. The summed E-state index contributed by atoms with van der Waals surface area (Å²) in [5.41, 5.74) is 1.97. The summed E-state index contributed by atoms with van der Waals surface area (Å²) in [6.07, 6.45) is 0.303. The van der Waals surface area contributed by atoms with E-state index in [4.69, 9.17) is 0 Å². The van der Waals surface area contributed by atoms with E-state index in [-0.39, 0.29) is 23.9 Å². The number of amides is 1. The summed E-state index contributed by atoms with van der Waals surface area (Å²) in [6, 6.07) is 19.0. The Morgan fingerprint density at radius 3 is 2.48 bits per heavy atom. The zero-order chi connectivity index (χ0) is 21.4. The van der Waals surface area contributed by atoms with Crippen LogP contribution < -0.4 is 0 Å². The minimum atomic E-state index is -3.70. The Hall–Kier alpha value is -2.88. The number of piperazine rings is 1. The summed E-state index contributed by atoms with van der Waals surface area (Å²) in [6.45, 7) is 1.26. The molecule has 5 rings (SSSR count). The van der Waals surface area contributed by atoms with E-state index in [0.29, 0.717) is 30.9 Å². The third-order valence-corrected chi connectivity index (χ3v) is 8.15. The Morgan fingerprint density at radius 1 is 0.903 bits per heavy atom. The second-order valence-electron chi connectivity index (χ2n) is 7.49. The lowest BCUT2D eigenvalue weighted by Gasteiger charge is -2.34. The van der Waals surface area contributed by atoms with E-state index in [9.17, 15) is 13.2 Å². The van der Waals surface area contributed by atoms with Gasteiger partial charge in [0.05, 0.1) is 17.8 Å². The van der Waals surface area contributed by atoms with Gasteiger partial charge in [0, 0.05) is 26.2 Å². The molecule has 9 heteroatoms. The molecule has 0 bridgehead atoms. The Morgan fingerprint density at radius 2 is 1.65 bits per heavy atom. The first-order chi connectivity index (χ1) is 15.0. The van der Waals surface area contributed by atoms with Crippen LogP contribution in [0.4, 0.5) is 11.4 Å². The quantitative estimate of drug-likeness (QED) is 0.474. The SMILES string of the molecule is O=C(Cc1cccc2ccccc12)N1CCN(S(=O)(=O)c2cccc3c2N=S=N3)CC1. The zero-order valence-electron chi connectivity index (χ0n) is 16.6. The average molecular weight is 453 g/mol. The molecular formula is C22H20N4O3S2. The van der Waals surface area contributed by atoms with Crippen molar-refractivity contribution in [3.05, 3.63) is 66.2 Å². The number of rotatable bonds is 4. The average Bonchev–Trinajstić information content (AvgIpc) is 3.28. The van der Waals surface area contributed by atoms with Crippen molar-refractivity contribution in [3.63, 3.8) is 0 Å². The minimum Gasteiger partial charge on any atom is -0.340 e. The molecule has 0 aliphatic carbocycles. The number of hydrogen-bond acceptors (Lipinski definition) is 5. The van der Waals surface area contributed by atoms with Crippen LogP contribution in [0.1, 0.15) is 5.56 Å². The van der Waals surface area contributed by atoms with Crippen LogP contribution in [0.25, 0.3) is 10.8 Å². The van der Waals surface area contributed by atoms with E-state index < -0.39 is 10.0 Å². The normalized spacial score (nSPS) is 16.3. The van der Waals surface area contributed by atoms with Crippen LogP contribution in [0.5, 0.6) is 0 Å². The van der Waals surface area contributed by atoms with E-state index in [2.05, 4.69) is 8.73 Å². The number of nitrogens with zero attached hydrogens (tertiary/aromatic N) is 4. The van der Waals surface area contributed by atoms with E-state index in [1.54, 1.807) is 23.1 Å². The smallest absolute Gasteiger partial charge is 0.245 e. The lowest BCUT2D eigenvalue weighted by molar-refractivity contribution is -0.131. The number of hydrogen-bond donors (Lipinski definition) is 0. The monoisotopic (exact) mass is 452 g/mol. The molecule has 7 nitrogen and oxygen atoms in total. The van der Waals surface area contributed by atoms with Crippen LogP contribution in [-0.4, -0.2) is 49.7 Å². The van der Waals surface area contributed by atoms with Crippen LogP contribution >= 0.6 is 0 Å². The third kappa shape index (κ3) is 3.69. The van der Waals surface area contributed by atoms with Crippen molar-refractivity contribution in [2.45, 2.75) is 11.3 Å². The van der Waals surface area contributed by atoms with Crippen molar-refractivity contribution in [2.24, 2.45) is 8.73 Å². The molecule has 0 saturated carbocycles. The summed E-state index contributed by atoms with van der Waals surface area (Å²) in [5.74, 6) is 0.0132. The van der Waals surface area contributed by atoms with E-state index in [1.807, 2.05) is 42.5 Å². The molecule has 31 heavy (non-hydrogen) atoms. The van der Waals surface area contributed by atoms with Crippen molar-refractivity contribution in [1.82, 2.24) is 9.21 Å². The second-order valence-corrected chi connectivity index (χ2v) is 9.92. The maximum absolute atomic E-state index is 13.2. The second kappa shape index (κ2) is 7.99. The molecular weight excluding hydrogens is 432 g/mol. The van der Waals surface area contributed by atoms with Crippen LogP contribution in [0.15, 0.2) is 74.3 Å². The predicted molar refractivity (Wildman–Crippen MR) is 121 cm³/mol. The molecule has 0 N–H and O–H groups in total. The fourth-order valence-corrected chi connectivity index (χ4v) is 6.20. The van der Waals surface area contributed by atoms with Gasteiger partial charge in [0.2, 0.25) is 15.9 Å². The maximum atomic E-state index is 13.2. The molecule has 0 unspecified atom stereocenters. The van der Waals surface area contributed by atoms with Gasteiger partial charge >= 0.3 is 0 Å². The van der Waals surface area contributed by atoms with Crippen molar-refractivity contribution < 1.29 is 13.2 Å². The van der Waals surface area contributed by atoms with Gasteiger partial charge in [-0.05, 0) is 28.5 Å². The van der Waals surface area contributed by atoms with Gasteiger partial charge in [-0.15, -0.1) is 0 Å². The van der Waals surface area contributed by atoms with Gasteiger partial charge in [-0.3, -0.25) is 4.79 Å². The highest BCUT2D eigenvalue weighted by Crippen LogP contribution is 2.38. The van der Waals surface area contributed by atoms with E-state index in [1.165, 1.54) is 4.31 Å². The van der Waals surface area contributed by atoms with Gasteiger partial charge in [-0.2, -0.15) is 13.0 Å². The predicted octanol–water partition coefficient (Wildman–Crippen LogP) is 3.64. The largest absolute Gasteiger partial charge is 0.340 e. The topological polar surface area (TPSA) is 82.4 Å². The van der Waals surface area contributed by atoms with Crippen LogP contribution in [0, 0.1) is 0 Å². The summed E-state index contributed by atoms with van der Waals surface area (Å²) in [5, 5.41) is 2.18. The summed E-state index contributed by atoms with van der Waals surface area (Å²) >= 11 is 1.000. The molecule has 0 radical (unpaired) electrons. The van der Waals surface area contributed by atoms with Gasteiger partial charge in [0.25, 0.3) is 0 Å². The van der Waals surface area contributed by atoms with Crippen LogP contribution in [0.2, 0.25) is 0 Å². The third-order valence-electron chi connectivity index (χ3n) is 5.68. The molecule has 0 atom stereocenters. The summed E-state index contributed by atoms with van der Waals surface area (Å²) in [7, 11) is -3.70. The lowest BCUT2D eigenvalue weighted by Crippen LogP contribution is -2.50. The van der Waals surface area contributed by atoms with Crippen molar-refractivity contribution in [1.29, 1.82) is 0 Å². The molecule has 1 fully saturated rings. The molecule has 3 aromatic carbocycles. The van der Waals surface area contributed by atoms with E-state index >= 15 is 0 Å². The van der Waals surface area contributed by atoms with Gasteiger partial charge in [-0.1, -0.05) is 48.5 Å². The van der Waals surface area contributed by atoms with Crippen molar-refractivity contribution >= 4 is 49.4 Å². The first-order valence-corrected chi connectivity index (χ1v) is 12.2. The summed E-state index contributed by atoms with van der Waals surface area (Å²) in [4.78, 5) is 14.8. The standard InChI is InChI=1S/C22H20N4O3S2/c27-21(15-17-7-3-6-16-5-1-2-8-18(16)17)25-11-13-26(14-12-25)31(28,29)20-10-4-9-19-22(20)24-30-23-19/h1-10H,11-15H2. The maximum Gasteiger partial charge on any atom is 0.245 e. The molecule has 1 saturated heterocycles. The number of carbonyl (C=O) groups excluding carboxylic acids is 1. The zero-order valence-corrected chi connectivity index (χ0v) is 18.3. The molecule has 158 valence electrons. The Bertz CT molecular complexity index is 1350. The number of fused-ring (bicyclic) bond motifs is 2. The summed E-state index contributed by atoms with van der Waals surface area (Å²) < 4.78 is 36.1. The van der Waals surface area contributed by atoms with Gasteiger partial charge in [-0.25, -0.2) is 8.42 Å². The molecule has 0 aromatic heterocycles. The first kappa shape index (κ1) is 20.0. The van der Waals surface area contributed by atoms with Crippen LogP contribution in [0.3, 0.4) is 0 Å². The first-order valence-electron chi connectivity index (χ1n) is 10.00. The Balaban J connectivity index is 1.29. The van der Waals surface area contributed by atoms with E-state index in [0.717, 1.165) is 27.7 Å². The fraction of sp³-hybridized carbons (Fsp3) is 0.227.